The van der Waals surface area contributed by atoms with E-state index < -0.39 is 0 Å². The molecule has 146 valence electrons. The molecule has 8 heteroatoms. The van der Waals surface area contributed by atoms with Gasteiger partial charge in [0.15, 0.2) is 5.76 Å². The Morgan fingerprint density at radius 2 is 1.93 bits per heavy atom. The number of hydrogen-bond donors (Lipinski definition) is 1. The van der Waals surface area contributed by atoms with Gasteiger partial charge in [0.05, 0.1) is 17.0 Å². The maximum atomic E-state index is 12.0. The Labute approximate surface area is 169 Å². The molecule has 6 nitrogen and oxygen atoms in total. The summed E-state index contributed by atoms with van der Waals surface area (Å²) in [6.45, 7) is 4.90. The summed E-state index contributed by atoms with van der Waals surface area (Å²) >= 11 is 6.42. The van der Waals surface area contributed by atoms with Crippen molar-refractivity contribution in [3.63, 3.8) is 0 Å². The van der Waals surface area contributed by atoms with Crippen molar-refractivity contribution in [3.05, 3.63) is 47.4 Å². The predicted octanol–water partition coefficient (Wildman–Crippen LogP) is 4.06. The van der Waals surface area contributed by atoms with E-state index >= 15 is 0 Å². The standard InChI is InChI=1S/C19H22ClN3O3.ClH/c1-2-4-18(24)23-10-8-22(9-11-23)16-7-6-14(13-15(16)20)21-19(25)17-5-3-12-26-17;/h3,5-7,12-13H,2,4,8-11H2,1H3,(H,21,25);1H. The highest BCUT2D eigenvalue weighted by Crippen LogP contribution is 2.30. The third-order valence-electron chi connectivity index (χ3n) is 4.39. The van der Waals surface area contributed by atoms with Gasteiger partial charge in [-0.15, -0.1) is 12.4 Å². The van der Waals surface area contributed by atoms with Crippen LogP contribution in [0.4, 0.5) is 11.4 Å². The third kappa shape index (κ3) is 5.17. The molecular weight excluding hydrogens is 389 g/mol. The molecule has 3 rings (SSSR count). The van der Waals surface area contributed by atoms with Crippen molar-refractivity contribution in [1.82, 2.24) is 4.90 Å². The van der Waals surface area contributed by atoms with Gasteiger partial charge in [-0.3, -0.25) is 9.59 Å². The number of nitrogens with zero attached hydrogens (tertiary/aromatic N) is 2. The lowest BCUT2D eigenvalue weighted by Gasteiger charge is -2.36. The van der Waals surface area contributed by atoms with E-state index in [9.17, 15) is 9.59 Å². The third-order valence-corrected chi connectivity index (χ3v) is 4.69. The molecule has 1 aliphatic rings. The number of hydrogen-bond acceptors (Lipinski definition) is 4. The molecule has 27 heavy (non-hydrogen) atoms. The fourth-order valence-electron chi connectivity index (χ4n) is 3.01. The molecular formula is C19H23Cl2N3O3. The summed E-state index contributed by atoms with van der Waals surface area (Å²) in [5, 5.41) is 3.33. The maximum Gasteiger partial charge on any atom is 0.291 e. The number of furan rings is 1. The first-order valence-corrected chi connectivity index (χ1v) is 9.13. The lowest BCUT2D eigenvalue weighted by atomic mass is 10.2. The van der Waals surface area contributed by atoms with E-state index in [1.54, 1.807) is 18.2 Å². The summed E-state index contributed by atoms with van der Waals surface area (Å²) < 4.78 is 5.08. The summed E-state index contributed by atoms with van der Waals surface area (Å²) in [5.41, 5.74) is 1.52. The van der Waals surface area contributed by atoms with Crippen LogP contribution in [0.2, 0.25) is 5.02 Å². The van der Waals surface area contributed by atoms with Crippen LogP contribution >= 0.6 is 24.0 Å². The number of amides is 2. The summed E-state index contributed by atoms with van der Waals surface area (Å²) in [6, 6.07) is 8.70. The van der Waals surface area contributed by atoms with Crippen LogP contribution in [-0.2, 0) is 4.79 Å². The minimum absolute atomic E-state index is 0. The first-order chi connectivity index (χ1) is 12.6. The number of piperazine rings is 1. The molecule has 0 bridgehead atoms. The van der Waals surface area contributed by atoms with Gasteiger partial charge >= 0.3 is 0 Å². The van der Waals surface area contributed by atoms with Crippen molar-refractivity contribution in [2.24, 2.45) is 0 Å². The largest absolute Gasteiger partial charge is 0.459 e. The minimum atomic E-state index is -0.318. The van der Waals surface area contributed by atoms with Gasteiger partial charge in [-0.2, -0.15) is 0 Å². The summed E-state index contributed by atoms with van der Waals surface area (Å²) in [7, 11) is 0. The predicted molar refractivity (Wildman–Crippen MR) is 109 cm³/mol. The Kier molecular flexibility index (Phi) is 7.56. The van der Waals surface area contributed by atoms with Crippen molar-refractivity contribution in [2.45, 2.75) is 19.8 Å². The van der Waals surface area contributed by atoms with Gasteiger partial charge in [-0.25, -0.2) is 0 Å². The van der Waals surface area contributed by atoms with Gasteiger partial charge in [-0.05, 0) is 36.8 Å². The van der Waals surface area contributed by atoms with Crippen molar-refractivity contribution in [3.8, 4) is 0 Å². The van der Waals surface area contributed by atoms with E-state index in [-0.39, 0.29) is 30.0 Å². The Morgan fingerprint density at radius 3 is 2.52 bits per heavy atom. The van der Waals surface area contributed by atoms with Crippen LogP contribution in [-0.4, -0.2) is 42.9 Å². The van der Waals surface area contributed by atoms with Crippen LogP contribution in [0.15, 0.2) is 41.0 Å². The van der Waals surface area contributed by atoms with Crippen molar-refractivity contribution >= 4 is 47.2 Å². The lowest BCUT2D eigenvalue weighted by Crippen LogP contribution is -2.48. The Balaban J connectivity index is 0.00000261. The molecule has 0 spiro atoms. The Morgan fingerprint density at radius 1 is 1.19 bits per heavy atom. The first kappa shape index (κ1) is 21.1. The monoisotopic (exact) mass is 411 g/mol. The van der Waals surface area contributed by atoms with Crippen LogP contribution in [0, 0.1) is 0 Å². The number of carbonyl (C=O) groups excluding carboxylic acids is 2. The highest BCUT2D eigenvalue weighted by molar-refractivity contribution is 6.33. The van der Waals surface area contributed by atoms with Gasteiger partial charge in [0.2, 0.25) is 5.91 Å². The van der Waals surface area contributed by atoms with Crippen LogP contribution in [0.3, 0.4) is 0 Å². The summed E-state index contributed by atoms with van der Waals surface area (Å²) in [5.74, 6) is 0.147. The number of halogens is 2. The number of carbonyl (C=O) groups is 2. The molecule has 0 atom stereocenters. The molecule has 0 unspecified atom stereocenters. The second kappa shape index (κ2) is 9.67. The van der Waals surface area contributed by atoms with Crippen molar-refractivity contribution < 1.29 is 14.0 Å². The van der Waals surface area contributed by atoms with Crippen molar-refractivity contribution in [2.75, 3.05) is 36.4 Å². The first-order valence-electron chi connectivity index (χ1n) is 8.75. The fraction of sp³-hybridized carbons (Fsp3) is 0.368. The van der Waals surface area contributed by atoms with E-state index in [0.717, 1.165) is 25.2 Å². The lowest BCUT2D eigenvalue weighted by molar-refractivity contribution is -0.131. The molecule has 2 amide bonds. The van der Waals surface area contributed by atoms with Gasteiger partial charge in [0.1, 0.15) is 0 Å². The molecule has 1 aromatic heterocycles. The smallest absolute Gasteiger partial charge is 0.291 e. The molecule has 0 aliphatic carbocycles. The van der Waals surface area contributed by atoms with Crippen molar-refractivity contribution in [1.29, 1.82) is 0 Å². The van der Waals surface area contributed by atoms with E-state index in [1.165, 1.54) is 6.26 Å². The molecule has 2 heterocycles. The SMILES string of the molecule is CCCC(=O)N1CCN(c2ccc(NC(=O)c3ccco3)cc2Cl)CC1.Cl. The maximum absolute atomic E-state index is 12.0. The Hall–Kier alpha value is -2.18. The number of rotatable bonds is 5. The normalized spacial score (nSPS) is 13.9. The number of nitrogens with one attached hydrogen (secondary N) is 1. The number of benzene rings is 1. The second-order valence-electron chi connectivity index (χ2n) is 6.22. The second-order valence-corrected chi connectivity index (χ2v) is 6.62. The topological polar surface area (TPSA) is 65.8 Å². The quantitative estimate of drug-likeness (QED) is 0.805. The molecule has 1 N–H and O–H groups in total. The van der Waals surface area contributed by atoms with Crippen LogP contribution in [0.25, 0.3) is 0 Å². The molecule has 1 aromatic carbocycles. The molecule has 0 radical (unpaired) electrons. The molecule has 2 aromatic rings. The minimum Gasteiger partial charge on any atom is -0.459 e. The number of anilines is 2. The molecule has 1 saturated heterocycles. The van der Waals surface area contributed by atoms with E-state index in [4.69, 9.17) is 16.0 Å². The Bertz CT molecular complexity index is 773. The van der Waals surface area contributed by atoms with E-state index in [0.29, 0.717) is 30.2 Å². The van der Waals surface area contributed by atoms with Crippen LogP contribution in [0.5, 0.6) is 0 Å². The highest BCUT2D eigenvalue weighted by atomic mass is 35.5. The van der Waals surface area contributed by atoms with Gasteiger partial charge in [-0.1, -0.05) is 18.5 Å². The van der Waals surface area contributed by atoms with Crippen LogP contribution in [0.1, 0.15) is 30.3 Å². The average molecular weight is 412 g/mol. The molecule has 0 saturated carbocycles. The zero-order valence-electron chi connectivity index (χ0n) is 15.1. The summed E-state index contributed by atoms with van der Waals surface area (Å²) in [4.78, 5) is 28.1. The summed E-state index contributed by atoms with van der Waals surface area (Å²) in [6.07, 6.45) is 2.93. The van der Waals surface area contributed by atoms with Crippen LogP contribution < -0.4 is 10.2 Å². The average Bonchev–Trinajstić information content (AvgIpc) is 3.17. The molecule has 1 fully saturated rings. The van der Waals surface area contributed by atoms with E-state index in [2.05, 4.69) is 10.2 Å². The zero-order chi connectivity index (χ0) is 18.5. The van der Waals surface area contributed by atoms with Gasteiger partial charge in [0.25, 0.3) is 5.91 Å². The van der Waals surface area contributed by atoms with E-state index in [1.807, 2.05) is 24.0 Å². The molecule has 1 aliphatic heterocycles. The van der Waals surface area contributed by atoms with Gasteiger partial charge in [0, 0.05) is 38.3 Å². The van der Waals surface area contributed by atoms with Gasteiger partial charge < -0.3 is 19.5 Å². The fourth-order valence-corrected chi connectivity index (χ4v) is 3.31. The highest BCUT2D eigenvalue weighted by Gasteiger charge is 2.22. The zero-order valence-corrected chi connectivity index (χ0v) is 16.7.